The van der Waals surface area contributed by atoms with Crippen LogP contribution in [0.2, 0.25) is 0 Å². The number of nitrogens with zero attached hydrogens (tertiary/aromatic N) is 2. The summed E-state index contributed by atoms with van der Waals surface area (Å²) in [4.78, 5) is 27.9. The highest BCUT2D eigenvalue weighted by Gasteiger charge is 2.27. The summed E-state index contributed by atoms with van der Waals surface area (Å²) in [6.45, 7) is 5.25. The lowest BCUT2D eigenvalue weighted by Crippen LogP contribution is -2.43. The van der Waals surface area contributed by atoms with E-state index >= 15 is 0 Å². The minimum atomic E-state index is -3.18. The Bertz CT molecular complexity index is 715. The molecule has 1 aromatic rings. The van der Waals surface area contributed by atoms with Crippen molar-refractivity contribution in [2.75, 3.05) is 31.9 Å². The Balaban J connectivity index is 1.65. The van der Waals surface area contributed by atoms with Gasteiger partial charge < -0.3 is 10.6 Å². The van der Waals surface area contributed by atoms with E-state index in [-0.39, 0.29) is 18.8 Å². The van der Waals surface area contributed by atoms with Crippen LogP contribution in [0.5, 0.6) is 0 Å². The average Bonchev–Trinajstić information content (AvgIpc) is 3.14. The van der Waals surface area contributed by atoms with E-state index in [1.165, 1.54) is 4.31 Å². The van der Waals surface area contributed by atoms with Crippen LogP contribution in [0.25, 0.3) is 0 Å². The predicted octanol–water partition coefficient (Wildman–Crippen LogP) is 0.0769. The van der Waals surface area contributed by atoms with E-state index in [0.29, 0.717) is 31.8 Å². The number of carbonyl (C=O) groups excluding carboxylic acids is 2. The van der Waals surface area contributed by atoms with Gasteiger partial charge in [0.25, 0.3) is 0 Å². The number of aromatic nitrogens is 1. The third-order valence-corrected chi connectivity index (χ3v) is 6.73. The quantitative estimate of drug-likeness (QED) is 0.643. The number of rotatable bonds is 7. The number of thiazole rings is 1. The van der Waals surface area contributed by atoms with Crippen molar-refractivity contribution in [2.24, 2.45) is 0 Å². The summed E-state index contributed by atoms with van der Waals surface area (Å²) in [5, 5.41) is 7.91. The Labute approximate surface area is 152 Å². The highest BCUT2D eigenvalue weighted by atomic mass is 32.2. The Morgan fingerprint density at radius 1 is 1.28 bits per heavy atom. The fourth-order valence-corrected chi connectivity index (χ4v) is 4.87. The van der Waals surface area contributed by atoms with E-state index in [4.69, 9.17) is 0 Å². The van der Waals surface area contributed by atoms with E-state index in [1.807, 2.05) is 5.38 Å². The molecule has 1 aromatic heterocycles. The lowest BCUT2D eigenvalue weighted by atomic mass is 10.2. The fraction of sp³-hybridized carbons (Fsp3) is 0.667. The van der Waals surface area contributed by atoms with E-state index < -0.39 is 21.8 Å². The lowest BCUT2D eigenvalue weighted by molar-refractivity contribution is -0.139. The fourth-order valence-electron chi connectivity index (χ4n) is 2.39. The van der Waals surface area contributed by atoms with Crippen LogP contribution in [0.15, 0.2) is 5.38 Å². The van der Waals surface area contributed by atoms with Crippen molar-refractivity contribution in [3.05, 3.63) is 16.1 Å². The zero-order chi connectivity index (χ0) is 18.4. The molecule has 0 atom stereocenters. The van der Waals surface area contributed by atoms with Gasteiger partial charge in [0.1, 0.15) is 0 Å². The minimum absolute atomic E-state index is 0.121. The van der Waals surface area contributed by atoms with Gasteiger partial charge in [0, 0.05) is 38.0 Å². The predicted molar refractivity (Wildman–Crippen MR) is 95.9 cm³/mol. The highest BCUT2D eigenvalue weighted by Crippen LogP contribution is 2.17. The van der Waals surface area contributed by atoms with Crippen molar-refractivity contribution in [3.8, 4) is 0 Å². The third kappa shape index (κ3) is 5.75. The van der Waals surface area contributed by atoms with Crippen molar-refractivity contribution in [3.63, 3.8) is 0 Å². The van der Waals surface area contributed by atoms with Crippen LogP contribution in [0.4, 0.5) is 0 Å². The summed E-state index contributed by atoms with van der Waals surface area (Å²) >= 11 is 1.54. The molecule has 2 N–H and O–H groups in total. The van der Waals surface area contributed by atoms with Gasteiger partial charge in [-0.2, -0.15) is 0 Å². The molecule has 140 valence electrons. The minimum Gasteiger partial charge on any atom is -0.347 e. The van der Waals surface area contributed by atoms with Crippen molar-refractivity contribution in [1.29, 1.82) is 0 Å². The molecule has 1 saturated heterocycles. The summed E-state index contributed by atoms with van der Waals surface area (Å²) in [5.74, 6) is -0.954. The maximum atomic E-state index is 11.7. The number of amides is 2. The number of sulfonamides is 1. The van der Waals surface area contributed by atoms with Crippen LogP contribution in [-0.2, 0) is 26.0 Å². The topological polar surface area (TPSA) is 108 Å². The van der Waals surface area contributed by atoms with Crippen LogP contribution in [-0.4, -0.2) is 61.5 Å². The molecule has 2 heterocycles. The second kappa shape index (κ2) is 8.72. The van der Waals surface area contributed by atoms with Gasteiger partial charge in [0.2, 0.25) is 10.0 Å². The van der Waals surface area contributed by atoms with Crippen molar-refractivity contribution in [1.82, 2.24) is 19.9 Å². The molecule has 10 heteroatoms. The SMILES string of the molecule is CC(C)c1csc(CCNC(=O)C(=O)NCCN2CCCS2(=O)=O)n1. The molecule has 8 nitrogen and oxygen atoms in total. The monoisotopic (exact) mass is 388 g/mol. The zero-order valence-corrected chi connectivity index (χ0v) is 16.1. The standard InChI is InChI=1S/C15H24N4O4S2/c1-11(2)12-10-24-13(18-12)4-5-16-14(20)15(21)17-6-8-19-7-3-9-25(19,22)23/h10-11H,3-9H2,1-2H3,(H,16,20)(H,17,21). The van der Waals surface area contributed by atoms with Gasteiger partial charge >= 0.3 is 11.8 Å². The van der Waals surface area contributed by atoms with E-state index in [2.05, 4.69) is 29.5 Å². The highest BCUT2D eigenvalue weighted by molar-refractivity contribution is 7.89. The molecule has 0 aromatic carbocycles. The van der Waals surface area contributed by atoms with Crippen molar-refractivity contribution in [2.45, 2.75) is 32.6 Å². The van der Waals surface area contributed by atoms with Gasteiger partial charge in [0.05, 0.1) is 16.5 Å². The van der Waals surface area contributed by atoms with Crippen molar-refractivity contribution < 1.29 is 18.0 Å². The molecule has 25 heavy (non-hydrogen) atoms. The summed E-state index contributed by atoms with van der Waals surface area (Å²) < 4.78 is 24.6. The molecule has 0 bridgehead atoms. The Kier molecular flexibility index (Phi) is 6.91. The zero-order valence-electron chi connectivity index (χ0n) is 14.4. The van der Waals surface area contributed by atoms with Crippen molar-refractivity contribution >= 4 is 33.2 Å². The molecule has 1 aliphatic heterocycles. The Hall–Kier alpha value is -1.52. The molecule has 1 fully saturated rings. The largest absolute Gasteiger partial charge is 0.347 e. The van der Waals surface area contributed by atoms with Crippen LogP contribution < -0.4 is 10.6 Å². The molecule has 1 aliphatic rings. The molecule has 2 amide bonds. The number of hydrogen-bond donors (Lipinski definition) is 2. The van der Waals surface area contributed by atoms with E-state index in [0.717, 1.165) is 10.7 Å². The molecule has 0 spiro atoms. The number of nitrogens with one attached hydrogen (secondary N) is 2. The third-order valence-electron chi connectivity index (χ3n) is 3.84. The molecule has 0 radical (unpaired) electrons. The molecular formula is C15H24N4O4S2. The molecule has 0 unspecified atom stereocenters. The van der Waals surface area contributed by atoms with Crippen LogP contribution in [0.3, 0.4) is 0 Å². The Morgan fingerprint density at radius 2 is 1.96 bits per heavy atom. The number of hydrogen-bond acceptors (Lipinski definition) is 6. The summed E-state index contributed by atoms with van der Waals surface area (Å²) in [6, 6.07) is 0. The van der Waals surface area contributed by atoms with Crippen LogP contribution >= 0.6 is 11.3 Å². The van der Waals surface area contributed by atoms with Gasteiger partial charge in [-0.1, -0.05) is 13.8 Å². The molecule has 0 aliphatic carbocycles. The van der Waals surface area contributed by atoms with Gasteiger partial charge in [-0.15, -0.1) is 11.3 Å². The van der Waals surface area contributed by atoms with Gasteiger partial charge in [-0.05, 0) is 12.3 Å². The van der Waals surface area contributed by atoms with Crippen LogP contribution in [0, 0.1) is 0 Å². The maximum Gasteiger partial charge on any atom is 0.309 e. The maximum absolute atomic E-state index is 11.7. The smallest absolute Gasteiger partial charge is 0.309 e. The molecule has 0 saturated carbocycles. The molecule has 2 rings (SSSR count). The normalized spacial score (nSPS) is 16.9. The first-order chi connectivity index (χ1) is 11.8. The number of carbonyl (C=O) groups is 2. The first-order valence-electron chi connectivity index (χ1n) is 8.28. The summed E-state index contributed by atoms with van der Waals surface area (Å²) in [7, 11) is -3.18. The van der Waals surface area contributed by atoms with E-state index in [1.54, 1.807) is 11.3 Å². The lowest BCUT2D eigenvalue weighted by Gasteiger charge is -2.14. The van der Waals surface area contributed by atoms with Gasteiger partial charge in [-0.3, -0.25) is 9.59 Å². The van der Waals surface area contributed by atoms with Gasteiger partial charge in [-0.25, -0.2) is 17.7 Å². The average molecular weight is 389 g/mol. The summed E-state index contributed by atoms with van der Waals surface area (Å²) in [6.07, 6.45) is 1.18. The first-order valence-corrected chi connectivity index (χ1v) is 10.8. The van der Waals surface area contributed by atoms with Crippen LogP contribution in [0.1, 0.15) is 36.9 Å². The van der Waals surface area contributed by atoms with Gasteiger partial charge in [0.15, 0.2) is 0 Å². The van der Waals surface area contributed by atoms with E-state index in [9.17, 15) is 18.0 Å². The second-order valence-corrected chi connectivity index (χ2v) is 9.18. The molecular weight excluding hydrogens is 364 g/mol. The first kappa shape index (κ1) is 19.8. The second-order valence-electron chi connectivity index (χ2n) is 6.15. The Morgan fingerprint density at radius 3 is 2.52 bits per heavy atom. The summed E-state index contributed by atoms with van der Waals surface area (Å²) in [5.41, 5.74) is 1.03.